The minimum Gasteiger partial charge on any atom is -0.351 e. The lowest BCUT2D eigenvalue weighted by molar-refractivity contribution is 0.619. The van der Waals surface area contributed by atoms with Gasteiger partial charge < -0.3 is 5.32 Å². The van der Waals surface area contributed by atoms with Crippen molar-refractivity contribution in [1.29, 1.82) is 0 Å². The van der Waals surface area contributed by atoms with Crippen LogP contribution in [0.25, 0.3) is 0 Å². The third-order valence-corrected chi connectivity index (χ3v) is 4.57. The van der Waals surface area contributed by atoms with Gasteiger partial charge in [-0.1, -0.05) is 13.8 Å². The molecule has 2 rings (SSSR count). The van der Waals surface area contributed by atoms with Crippen molar-refractivity contribution < 1.29 is 4.21 Å². The Morgan fingerprint density at radius 2 is 2.00 bits per heavy atom. The van der Waals surface area contributed by atoms with Crippen LogP contribution >= 0.6 is 0 Å². The van der Waals surface area contributed by atoms with Crippen LogP contribution in [0.2, 0.25) is 0 Å². The summed E-state index contributed by atoms with van der Waals surface area (Å²) >= 11 is 0. The Bertz CT molecular complexity index is 438. The van der Waals surface area contributed by atoms with Gasteiger partial charge >= 0.3 is 0 Å². The van der Waals surface area contributed by atoms with Crippen molar-refractivity contribution in [3.05, 3.63) is 17.5 Å². The maximum atomic E-state index is 11.3. The summed E-state index contributed by atoms with van der Waals surface area (Å²) in [5.41, 5.74) is 2.07. The van der Waals surface area contributed by atoms with Gasteiger partial charge in [0, 0.05) is 39.7 Å². The Morgan fingerprint density at radius 3 is 2.61 bits per heavy atom. The van der Waals surface area contributed by atoms with Crippen molar-refractivity contribution in [2.24, 2.45) is 0 Å². The molecule has 0 atom stereocenters. The maximum Gasteiger partial charge on any atom is 0.223 e. The highest BCUT2D eigenvalue weighted by Crippen LogP contribution is 2.17. The Kier molecular flexibility index (Phi) is 4.32. The maximum absolute atomic E-state index is 11.3. The molecule has 1 saturated heterocycles. The largest absolute Gasteiger partial charge is 0.351 e. The van der Waals surface area contributed by atoms with Gasteiger partial charge in [-0.25, -0.2) is 9.97 Å². The van der Waals surface area contributed by atoms with E-state index in [2.05, 4.69) is 29.1 Å². The lowest BCUT2D eigenvalue weighted by Crippen LogP contribution is -2.30. The molecule has 1 N–H and O–H groups in total. The standard InChI is InChI=1S/C13H21N3OS/c1-9(2)12-8-10(3)14-13(16-12)15-11-4-6-18(17)7-5-11/h8-9,11H,4-7H2,1-3H3,(H,14,15,16). The number of nitrogens with zero attached hydrogens (tertiary/aromatic N) is 2. The third kappa shape index (κ3) is 3.51. The smallest absolute Gasteiger partial charge is 0.223 e. The van der Waals surface area contributed by atoms with E-state index in [9.17, 15) is 4.21 Å². The molecule has 1 aliphatic heterocycles. The zero-order valence-corrected chi connectivity index (χ0v) is 12.1. The lowest BCUT2D eigenvalue weighted by atomic mass is 10.1. The first-order chi connectivity index (χ1) is 8.54. The first-order valence-electron chi connectivity index (χ1n) is 6.51. The van der Waals surface area contributed by atoms with Gasteiger partial charge in [0.1, 0.15) is 0 Å². The summed E-state index contributed by atoms with van der Waals surface area (Å²) in [5, 5.41) is 3.38. The summed E-state index contributed by atoms with van der Waals surface area (Å²) in [7, 11) is -0.616. The minimum atomic E-state index is -0.616. The number of hydrogen-bond acceptors (Lipinski definition) is 4. The van der Waals surface area contributed by atoms with Crippen LogP contribution in [-0.4, -0.2) is 31.7 Å². The molecule has 0 radical (unpaired) electrons. The van der Waals surface area contributed by atoms with Crippen LogP contribution in [0.1, 0.15) is 44.0 Å². The van der Waals surface area contributed by atoms with Crippen molar-refractivity contribution >= 4 is 16.7 Å². The highest BCUT2D eigenvalue weighted by atomic mass is 32.2. The van der Waals surface area contributed by atoms with Crippen LogP contribution in [0.15, 0.2) is 6.07 Å². The normalized spacial score (nSPS) is 24.2. The van der Waals surface area contributed by atoms with Crippen LogP contribution < -0.4 is 5.32 Å². The lowest BCUT2D eigenvalue weighted by Gasteiger charge is -2.23. The number of anilines is 1. The fourth-order valence-corrected chi connectivity index (χ4v) is 3.37. The number of aryl methyl sites for hydroxylation is 1. The predicted molar refractivity (Wildman–Crippen MR) is 75.4 cm³/mol. The zero-order chi connectivity index (χ0) is 13.1. The summed E-state index contributed by atoms with van der Waals surface area (Å²) in [6.07, 6.45) is 1.89. The van der Waals surface area contributed by atoms with Crippen LogP contribution in [0.5, 0.6) is 0 Å². The van der Waals surface area contributed by atoms with Crippen molar-refractivity contribution in [2.45, 2.75) is 45.6 Å². The molecule has 18 heavy (non-hydrogen) atoms. The summed E-state index contributed by atoms with van der Waals surface area (Å²) in [6, 6.07) is 2.40. The van der Waals surface area contributed by atoms with E-state index >= 15 is 0 Å². The Morgan fingerprint density at radius 1 is 1.33 bits per heavy atom. The second-order valence-corrected chi connectivity index (χ2v) is 6.88. The van der Waals surface area contributed by atoms with Crippen LogP contribution in [0, 0.1) is 6.92 Å². The molecule has 100 valence electrons. The molecule has 1 aliphatic rings. The van der Waals surface area contributed by atoms with Gasteiger partial charge in [-0.05, 0) is 31.7 Å². The molecule has 0 amide bonds. The molecule has 1 aromatic heterocycles. The van der Waals surface area contributed by atoms with E-state index in [0.29, 0.717) is 12.0 Å². The van der Waals surface area contributed by atoms with Gasteiger partial charge in [-0.3, -0.25) is 4.21 Å². The first kappa shape index (κ1) is 13.5. The van der Waals surface area contributed by atoms with Crippen molar-refractivity contribution in [3.8, 4) is 0 Å². The topological polar surface area (TPSA) is 54.9 Å². The molecule has 1 aromatic rings. The highest BCUT2D eigenvalue weighted by molar-refractivity contribution is 7.85. The number of hydrogen-bond donors (Lipinski definition) is 1. The average molecular weight is 267 g/mol. The van der Waals surface area contributed by atoms with E-state index in [1.54, 1.807) is 0 Å². The van der Waals surface area contributed by atoms with Crippen molar-refractivity contribution in [3.63, 3.8) is 0 Å². The number of rotatable bonds is 3. The van der Waals surface area contributed by atoms with Crippen LogP contribution in [0.3, 0.4) is 0 Å². The summed E-state index contributed by atoms with van der Waals surface area (Å²) in [6.45, 7) is 6.26. The molecule has 0 aromatic carbocycles. The molecule has 0 saturated carbocycles. The van der Waals surface area contributed by atoms with E-state index < -0.39 is 10.8 Å². The van der Waals surface area contributed by atoms with Gasteiger partial charge in [-0.15, -0.1) is 0 Å². The van der Waals surface area contributed by atoms with E-state index in [0.717, 1.165) is 41.7 Å². The molecule has 2 heterocycles. The van der Waals surface area contributed by atoms with Gasteiger partial charge in [0.15, 0.2) is 0 Å². The summed E-state index contributed by atoms with van der Waals surface area (Å²) in [4.78, 5) is 8.98. The highest BCUT2D eigenvalue weighted by Gasteiger charge is 2.18. The van der Waals surface area contributed by atoms with Crippen LogP contribution in [0.4, 0.5) is 5.95 Å². The molecule has 0 spiro atoms. The van der Waals surface area contributed by atoms with Crippen LogP contribution in [-0.2, 0) is 10.8 Å². The summed E-state index contributed by atoms with van der Waals surface area (Å²) in [5.74, 6) is 2.71. The Labute approximate surface area is 111 Å². The molecule has 0 bridgehead atoms. The molecule has 1 fully saturated rings. The molecular weight excluding hydrogens is 246 g/mol. The van der Waals surface area contributed by atoms with Gasteiger partial charge in [0.05, 0.1) is 0 Å². The second kappa shape index (κ2) is 5.78. The number of aromatic nitrogens is 2. The van der Waals surface area contributed by atoms with Gasteiger partial charge in [0.25, 0.3) is 0 Å². The molecule has 0 aliphatic carbocycles. The fourth-order valence-electron chi connectivity index (χ4n) is 2.07. The van der Waals surface area contributed by atoms with E-state index in [-0.39, 0.29) is 0 Å². The van der Waals surface area contributed by atoms with Crippen molar-refractivity contribution in [2.75, 3.05) is 16.8 Å². The van der Waals surface area contributed by atoms with Gasteiger partial charge in [0.2, 0.25) is 5.95 Å². The molecular formula is C13H21N3OS. The molecule has 4 nitrogen and oxygen atoms in total. The monoisotopic (exact) mass is 267 g/mol. The van der Waals surface area contributed by atoms with Crippen molar-refractivity contribution in [1.82, 2.24) is 9.97 Å². The SMILES string of the molecule is Cc1cc(C(C)C)nc(NC2CCS(=O)CC2)n1. The Hall–Kier alpha value is -0.970. The minimum absolute atomic E-state index is 0.365. The van der Waals surface area contributed by atoms with E-state index in [4.69, 9.17) is 0 Å². The molecule has 5 heteroatoms. The second-order valence-electron chi connectivity index (χ2n) is 5.18. The fraction of sp³-hybridized carbons (Fsp3) is 0.692. The zero-order valence-electron chi connectivity index (χ0n) is 11.3. The quantitative estimate of drug-likeness (QED) is 0.912. The predicted octanol–water partition coefficient (Wildman–Crippen LogP) is 2.23. The van der Waals surface area contributed by atoms with E-state index in [1.807, 2.05) is 13.0 Å². The summed E-state index contributed by atoms with van der Waals surface area (Å²) < 4.78 is 11.3. The van der Waals surface area contributed by atoms with Gasteiger partial charge in [-0.2, -0.15) is 0 Å². The third-order valence-electron chi connectivity index (χ3n) is 3.19. The number of nitrogens with one attached hydrogen (secondary N) is 1. The average Bonchev–Trinajstić information content (AvgIpc) is 2.31. The Balaban J connectivity index is 2.06. The first-order valence-corrected chi connectivity index (χ1v) is 8.00. The molecule has 0 unspecified atom stereocenters. The van der Waals surface area contributed by atoms with E-state index in [1.165, 1.54) is 0 Å².